The molecule has 1 fully saturated rings. The second-order valence-corrected chi connectivity index (χ2v) is 7.28. The van der Waals surface area contributed by atoms with Crippen molar-refractivity contribution in [2.75, 3.05) is 18.4 Å². The van der Waals surface area contributed by atoms with Crippen LogP contribution in [0.5, 0.6) is 0 Å². The Hall–Kier alpha value is -2.90. The highest BCUT2D eigenvalue weighted by Crippen LogP contribution is 2.31. The summed E-state index contributed by atoms with van der Waals surface area (Å²) in [5.74, 6) is -0.118. The lowest BCUT2D eigenvalue weighted by molar-refractivity contribution is -0.141. The van der Waals surface area contributed by atoms with E-state index in [-0.39, 0.29) is 30.2 Å². The Morgan fingerprint density at radius 1 is 0.935 bits per heavy atom. The first kappa shape index (κ1) is 22.8. The fraction of sp³-hybridized carbons (Fsp3) is 0.217. The minimum Gasteiger partial charge on any atom is -0.326 e. The van der Waals surface area contributed by atoms with Gasteiger partial charge in [-0.25, -0.2) is 0 Å². The van der Waals surface area contributed by atoms with Crippen LogP contribution in [0.15, 0.2) is 72.9 Å². The van der Waals surface area contributed by atoms with Gasteiger partial charge in [-0.05, 0) is 29.3 Å². The predicted octanol–water partition coefficient (Wildman–Crippen LogP) is 5.13. The van der Waals surface area contributed by atoms with Crippen LogP contribution in [0.3, 0.4) is 0 Å². The summed E-state index contributed by atoms with van der Waals surface area (Å²) < 4.78 is 38.0. The maximum Gasteiger partial charge on any atom is 0.433 e. The van der Waals surface area contributed by atoms with Gasteiger partial charge in [0.1, 0.15) is 5.69 Å². The second kappa shape index (κ2) is 9.49. The highest BCUT2D eigenvalue weighted by molar-refractivity contribution is 5.94. The average molecular weight is 448 g/mol. The number of anilines is 1. The summed E-state index contributed by atoms with van der Waals surface area (Å²) in [7, 11) is 0. The topological polar surface area (TPSA) is 54.0 Å². The first-order chi connectivity index (χ1) is 14.4. The van der Waals surface area contributed by atoms with Gasteiger partial charge in [0.15, 0.2) is 0 Å². The monoisotopic (exact) mass is 447 g/mol. The normalized spacial score (nSPS) is 18.3. The summed E-state index contributed by atoms with van der Waals surface area (Å²) in [6.45, 7) is 1.36. The van der Waals surface area contributed by atoms with Crippen molar-refractivity contribution in [3.8, 4) is 11.1 Å². The summed E-state index contributed by atoms with van der Waals surface area (Å²) in [6.07, 6.45) is -3.26. The van der Waals surface area contributed by atoms with E-state index >= 15 is 0 Å². The molecule has 3 aromatic rings. The molecule has 2 N–H and O–H groups in total. The highest BCUT2D eigenvalue weighted by Gasteiger charge is 2.34. The zero-order chi connectivity index (χ0) is 21.1. The van der Waals surface area contributed by atoms with Gasteiger partial charge in [0.25, 0.3) is 0 Å². The first-order valence-electron chi connectivity index (χ1n) is 9.62. The Balaban J connectivity index is 0.00000272. The van der Waals surface area contributed by atoms with E-state index in [1.807, 2.05) is 30.3 Å². The molecule has 4 nitrogen and oxygen atoms in total. The summed E-state index contributed by atoms with van der Waals surface area (Å²) in [6, 6.07) is 19.3. The van der Waals surface area contributed by atoms with Crippen molar-refractivity contribution < 1.29 is 18.0 Å². The van der Waals surface area contributed by atoms with Crippen molar-refractivity contribution >= 4 is 24.0 Å². The molecule has 1 aliphatic heterocycles. The van der Waals surface area contributed by atoms with Gasteiger partial charge in [-0.15, -0.1) is 12.4 Å². The number of aromatic nitrogens is 1. The second-order valence-electron chi connectivity index (χ2n) is 7.28. The van der Waals surface area contributed by atoms with Gasteiger partial charge in [-0.3, -0.25) is 9.78 Å². The molecule has 1 aliphatic rings. The van der Waals surface area contributed by atoms with Crippen LogP contribution in [0.1, 0.15) is 17.2 Å². The van der Waals surface area contributed by atoms with Crippen LogP contribution in [-0.2, 0) is 11.0 Å². The van der Waals surface area contributed by atoms with Crippen molar-refractivity contribution in [3.63, 3.8) is 0 Å². The van der Waals surface area contributed by atoms with E-state index in [9.17, 15) is 18.0 Å². The number of hydrogen-bond acceptors (Lipinski definition) is 3. The van der Waals surface area contributed by atoms with Crippen molar-refractivity contribution in [2.45, 2.75) is 12.1 Å². The van der Waals surface area contributed by atoms with Crippen LogP contribution in [-0.4, -0.2) is 24.0 Å². The molecule has 31 heavy (non-hydrogen) atoms. The fourth-order valence-corrected chi connectivity index (χ4v) is 3.72. The zero-order valence-corrected chi connectivity index (χ0v) is 17.2. The molecule has 0 saturated carbocycles. The van der Waals surface area contributed by atoms with E-state index in [0.717, 1.165) is 23.7 Å². The third kappa shape index (κ3) is 5.24. The number of amides is 1. The van der Waals surface area contributed by atoms with E-state index < -0.39 is 11.9 Å². The van der Waals surface area contributed by atoms with Gasteiger partial charge in [0.2, 0.25) is 5.91 Å². The van der Waals surface area contributed by atoms with E-state index in [1.54, 1.807) is 24.3 Å². The van der Waals surface area contributed by atoms with Gasteiger partial charge in [-0.1, -0.05) is 48.5 Å². The smallest absolute Gasteiger partial charge is 0.326 e. The van der Waals surface area contributed by atoms with Gasteiger partial charge in [-0.2, -0.15) is 13.2 Å². The standard InChI is InChI=1S/C23H20F3N3O.ClH/c24-23(25,26)21-11-8-17(12-28-21)15-6-9-18(10-7-15)29-22(30)20-14-27-13-19(20)16-4-2-1-3-5-16;/h1-12,19-20,27H,13-14H2,(H,29,30);1H. The van der Waals surface area contributed by atoms with Crippen LogP contribution >= 0.6 is 12.4 Å². The predicted molar refractivity (Wildman–Crippen MR) is 116 cm³/mol. The summed E-state index contributed by atoms with van der Waals surface area (Å²) >= 11 is 0. The van der Waals surface area contributed by atoms with E-state index in [1.165, 1.54) is 12.3 Å². The van der Waals surface area contributed by atoms with Crippen LogP contribution in [0.25, 0.3) is 11.1 Å². The van der Waals surface area contributed by atoms with E-state index in [2.05, 4.69) is 15.6 Å². The molecule has 0 aliphatic carbocycles. The lowest BCUT2D eigenvalue weighted by Gasteiger charge is -2.18. The lowest BCUT2D eigenvalue weighted by atomic mass is 9.88. The first-order valence-corrected chi connectivity index (χ1v) is 9.62. The minimum atomic E-state index is -4.46. The van der Waals surface area contributed by atoms with Crippen molar-refractivity contribution in [1.29, 1.82) is 0 Å². The average Bonchev–Trinajstić information content (AvgIpc) is 3.25. The quantitative estimate of drug-likeness (QED) is 0.583. The number of alkyl halides is 3. The van der Waals surface area contributed by atoms with Crippen molar-refractivity contribution in [2.24, 2.45) is 5.92 Å². The van der Waals surface area contributed by atoms with E-state index in [4.69, 9.17) is 0 Å². The number of hydrogen-bond donors (Lipinski definition) is 2. The molecule has 0 bridgehead atoms. The van der Waals surface area contributed by atoms with Crippen LogP contribution in [0.2, 0.25) is 0 Å². The molecule has 1 saturated heterocycles. The lowest BCUT2D eigenvalue weighted by Crippen LogP contribution is -2.28. The maximum absolute atomic E-state index is 12.8. The number of benzene rings is 2. The molecule has 8 heteroatoms. The Kier molecular flexibility index (Phi) is 6.97. The third-order valence-corrected chi connectivity index (χ3v) is 5.32. The molecule has 162 valence electrons. The van der Waals surface area contributed by atoms with Crippen LogP contribution in [0, 0.1) is 5.92 Å². The Morgan fingerprint density at radius 3 is 2.23 bits per heavy atom. The number of carbonyl (C=O) groups is 1. The fourth-order valence-electron chi connectivity index (χ4n) is 3.72. The summed E-state index contributed by atoms with van der Waals surface area (Å²) in [5, 5.41) is 6.23. The Bertz CT molecular complexity index is 1010. The number of pyridine rings is 1. The number of rotatable bonds is 4. The molecule has 4 rings (SSSR count). The largest absolute Gasteiger partial charge is 0.433 e. The molecule has 0 spiro atoms. The molecule has 0 radical (unpaired) electrons. The molecular formula is C23H21ClF3N3O. The molecule has 2 aromatic carbocycles. The van der Waals surface area contributed by atoms with Gasteiger partial charge >= 0.3 is 6.18 Å². The zero-order valence-electron chi connectivity index (χ0n) is 16.4. The van der Waals surface area contributed by atoms with Crippen molar-refractivity contribution in [3.05, 3.63) is 84.2 Å². The number of nitrogens with zero attached hydrogens (tertiary/aromatic N) is 1. The summed E-state index contributed by atoms with van der Waals surface area (Å²) in [4.78, 5) is 16.3. The maximum atomic E-state index is 12.8. The van der Waals surface area contributed by atoms with Gasteiger partial charge in [0, 0.05) is 36.5 Å². The third-order valence-electron chi connectivity index (χ3n) is 5.32. The van der Waals surface area contributed by atoms with E-state index in [0.29, 0.717) is 17.8 Å². The number of halogens is 4. The Labute approximate surface area is 184 Å². The molecule has 1 amide bonds. The number of carbonyl (C=O) groups excluding carboxylic acids is 1. The highest BCUT2D eigenvalue weighted by atomic mass is 35.5. The van der Waals surface area contributed by atoms with Crippen LogP contribution in [0.4, 0.5) is 18.9 Å². The molecule has 2 heterocycles. The van der Waals surface area contributed by atoms with Crippen LogP contribution < -0.4 is 10.6 Å². The van der Waals surface area contributed by atoms with Crippen molar-refractivity contribution in [1.82, 2.24) is 10.3 Å². The molecule has 2 unspecified atom stereocenters. The minimum absolute atomic E-state index is 0. The molecular weight excluding hydrogens is 427 g/mol. The Morgan fingerprint density at radius 2 is 1.61 bits per heavy atom. The molecule has 1 aromatic heterocycles. The van der Waals surface area contributed by atoms with Gasteiger partial charge in [0.05, 0.1) is 5.92 Å². The van der Waals surface area contributed by atoms with Gasteiger partial charge < -0.3 is 10.6 Å². The summed E-state index contributed by atoms with van der Waals surface area (Å²) in [5.41, 5.74) is 2.15. The SMILES string of the molecule is Cl.O=C(Nc1ccc(-c2ccc(C(F)(F)F)nc2)cc1)C1CNCC1c1ccccc1. The molecule has 2 atom stereocenters. The number of nitrogens with one attached hydrogen (secondary N) is 2.